The largest absolute Gasteiger partial charge is 0.497 e. The molecule has 122 valence electrons. The average Bonchev–Trinajstić information content (AvgIpc) is 2.17. The molecule has 0 spiro atoms. The van der Waals surface area contributed by atoms with Gasteiger partial charge in [-0.25, -0.2) is 9.13 Å². The molecule has 0 rings (SSSR count). The Balaban J connectivity index is 4.59. The highest BCUT2D eigenvalue weighted by Gasteiger charge is 2.34. The van der Waals surface area contributed by atoms with E-state index < -0.39 is 15.6 Å². The molecular weight excluding hydrogens is 308 g/mol. The SMILES string of the molecule is CC(C)CCN(CCC(C)C)OP(=O)(O)OP(=O)(O)O. The third kappa shape index (κ3) is 12.0. The van der Waals surface area contributed by atoms with Crippen molar-refractivity contribution in [1.29, 1.82) is 0 Å². The summed E-state index contributed by atoms with van der Waals surface area (Å²) >= 11 is 0. The molecule has 1 atom stereocenters. The molecule has 0 heterocycles. The zero-order chi connectivity index (χ0) is 16.0. The Morgan fingerprint density at radius 1 is 0.950 bits per heavy atom. The predicted molar refractivity (Wildman–Crippen MR) is 74.5 cm³/mol. The lowest BCUT2D eigenvalue weighted by Gasteiger charge is -2.25. The van der Waals surface area contributed by atoms with Gasteiger partial charge in [0.25, 0.3) is 0 Å². The van der Waals surface area contributed by atoms with Gasteiger partial charge in [0.2, 0.25) is 0 Å². The smallest absolute Gasteiger partial charge is 0.302 e. The monoisotopic (exact) mass is 333 g/mol. The number of nitrogens with zero attached hydrogens (tertiary/aromatic N) is 1. The highest BCUT2D eigenvalue weighted by atomic mass is 31.3. The van der Waals surface area contributed by atoms with Crippen molar-refractivity contribution in [1.82, 2.24) is 5.06 Å². The van der Waals surface area contributed by atoms with Crippen molar-refractivity contribution < 1.29 is 32.7 Å². The molecular formula is C10H25NO7P2. The highest BCUT2D eigenvalue weighted by Crippen LogP contribution is 2.57. The summed E-state index contributed by atoms with van der Waals surface area (Å²) in [5.74, 6) is 0.724. The maximum absolute atomic E-state index is 11.5. The van der Waals surface area contributed by atoms with Crippen molar-refractivity contribution in [3.8, 4) is 0 Å². The molecule has 10 heteroatoms. The lowest BCUT2D eigenvalue weighted by molar-refractivity contribution is -0.0852. The quantitative estimate of drug-likeness (QED) is 0.412. The summed E-state index contributed by atoms with van der Waals surface area (Å²) in [5, 5.41) is 1.23. The fourth-order valence-corrected chi connectivity index (χ4v) is 2.94. The number of phosphoric acid groups is 2. The first-order valence-electron chi connectivity index (χ1n) is 6.45. The van der Waals surface area contributed by atoms with Crippen LogP contribution in [0.2, 0.25) is 0 Å². The Morgan fingerprint density at radius 2 is 1.35 bits per heavy atom. The molecule has 20 heavy (non-hydrogen) atoms. The Kier molecular flexibility index (Phi) is 8.71. The standard InChI is InChI=1S/C10H25NO7P2/c1-9(2)5-7-11(8-6-10(3)4)17-20(15,16)18-19(12,13)14/h9-10H,5-8H2,1-4H3,(H,15,16)(H2,12,13,14). The summed E-state index contributed by atoms with van der Waals surface area (Å²) in [6.07, 6.45) is 1.43. The molecule has 0 amide bonds. The van der Waals surface area contributed by atoms with Gasteiger partial charge in [0.05, 0.1) is 0 Å². The van der Waals surface area contributed by atoms with E-state index in [4.69, 9.17) is 14.4 Å². The second-order valence-electron chi connectivity index (χ2n) is 5.42. The maximum atomic E-state index is 11.5. The second kappa shape index (κ2) is 8.61. The molecule has 0 aromatic carbocycles. The predicted octanol–water partition coefficient (Wildman–Crippen LogP) is 2.52. The van der Waals surface area contributed by atoms with Gasteiger partial charge in [-0.15, -0.1) is 0 Å². The van der Waals surface area contributed by atoms with E-state index in [9.17, 15) is 14.0 Å². The molecule has 8 nitrogen and oxygen atoms in total. The fraction of sp³-hybridized carbons (Fsp3) is 1.00. The van der Waals surface area contributed by atoms with Crippen molar-refractivity contribution in [3.63, 3.8) is 0 Å². The third-order valence-electron chi connectivity index (χ3n) is 2.34. The summed E-state index contributed by atoms with van der Waals surface area (Å²) in [5.41, 5.74) is 0. The molecule has 0 radical (unpaired) electrons. The Hall–Kier alpha value is 0.220. The maximum Gasteiger partial charge on any atom is 0.497 e. The zero-order valence-electron chi connectivity index (χ0n) is 12.3. The van der Waals surface area contributed by atoms with Gasteiger partial charge in [0.1, 0.15) is 0 Å². The topological polar surface area (TPSA) is 117 Å². The van der Waals surface area contributed by atoms with Crippen LogP contribution in [0.3, 0.4) is 0 Å². The van der Waals surface area contributed by atoms with Crippen LogP contribution in [0.25, 0.3) is 0 Å². The van der Waals surface area contributed by atoms with Crippen molar-refractivity contribution in [2.75, 3.05) is 13.1 Å². The minimum atomic E-state index is -5.08. The summed E-state index contributed by atoms with van der Waals surface area (Å²) in [6, 6.07) is 0. The fourth-order valence-electron chi connectivity index (χ4n) is 1.29. The number of hydrogen-bond acceptors (Lipinski definition) is 5. The van der Waals surface area contributed by atoms with E-state index in [1.165, 1.54) is 5.06 Å². The summed E-state index contributed by atoms with van der Waals surface area (Å²) < 4.78 is 30.6. The van der Waals surface area contributed by atoms with Gasteiger partial charge in [-0.3, -0.25) is 0 Å². The highest BCUT2D eigenvalue weighted by molar-refractivity contribution is 7.60. The molecule has 0 saturated heterocycles. The van der Waals surface area contributed by atoms with E-state index >= 15 is 0 Å². The van der Waals surface area contributed by atoms with E-state index in [-0.39, 0.29) is 0 Å². The number of hydrogen-bond donors (Lipinski definition) is 3. The zero-order valence-corrected chi connectivity index (χ0v) is 14.1. The molecule has 0 aromatic rings. The summed E-state index contributed by atoms with van der Waals surface area (Å²) in [7, 11) is -9.91. The van der Waals surface area contributed by atoms with Gasteiger partial charge >= 0.3 is 15.6 Å². The van der Waals surface area contributed by atoms with Crippen LogP contribution in [-0.4, -0.2) is 32.8 Å². The molecule has 0 aliphatic rings. The third-order valence-corrected chi connectivity index (χ3v) is 4.45. The lowest BCUT2D eigenvalue weighted by Crippen LogP contribution is -2.27. The summed E-state index contributed by atoms with van der Waals surface area (Å²) in [6.45, 7) is 8.71. The van der Waals surface area contributed by atoms with Crippen LogP contribution in [0.1, 0.15) is 40.5 Å². The van der Waals surface area contributed by atoms with Crippen LogP contribution in [0.15, 0.2) is 0 Å². The van der Waals surface area contributed by atoms with Crippen molar-refractivity contribution >= 4 is 15.6 Å². The average molecular weight is 333 g/mol. The molecule has 0 bridgehead atoms. The first-order chi connectivity index (χ1) is 8.91. The van der Waals surface area contributed by atoms with Gasteiger partial charge in [-0.2, -0.15) is 14.0 Å². The van der Waals surface area contributed by atoms with E-state index in [0.717, 1.165) is 0 Å². The molecule has 1 unspecified atom stereocenters. The van der Waals surface area contributed by atoms with Crippen molar-refractivity contribution in [3.05, 3.63) is 0 Å². The van der Waals surface area contributed by atoms with Crippen LogP contribution in [0.4, 0.5) is 0 Å². The molecule has 0 aliphatic heterocycles. The van der Waals surface area contributed by atoms with E-state index in [2.05, 4.69) is 4.31 Å². The molecule has 0 aromatic heterocycles. The van der Waals surface area contributed by atoms with Gasteiger partial charge in [-0.1, -0.05) is 27.7 Å². The molecule has 0 aliphatic carbocycles. The lowest BCUT2D eigenvalue weighted by atomic mass is 10.1. The van der Waals surface area contributed by atoms with Crippen LogP contribution < -0.4 is 0 Å². The van der Waals surface area contributed by atoms with E-state index in [0.29, 0.717) is 37.8 Å². The van der Waals surface area contributed by atoms with E-state index in [1.54, 1.807) is 0 Å². The Labute approximate surface area is 119 Å². The van der Waals surface area contributed by atoms with E-state index in [1.807, 2.05) is 27.7 Å². The van der Waals surface area contributed by atoms with Crippen LogP contribution in [0.5, 0.6) is 0 Å². The first kappa shape index (κ1) is 20.2. The second-order valence-corrected chi connectivity index (χ2v) is 8.15. The van der Waals surface area contributed by atoms with Crippen LogP contribution in [-0.2, 0) is 18.1 Å². The van der Waals surface area contributed by atoms with Crippen LogP contribution >= 0.6 is 15.6 Å². The molecule has 0 fully saturated rings. The molecule has 3 N–H and O–H groups in total. The Morgan fingerprint density at radius 3 is 1.65 bits per heavy atom. The summed E-state index contributed by atoms with van der Waals surface area (Å²) in [4.78, 5) is 26.4. The van der Waals surface area contributed by atoms with Gasteiger partial charge < -0.3 is 14.7 Å². The normalized spacial score (nSPS) is 16.1. The van der Waals surface area contributed by atoms with Crippen molar-refractivity contribution in [2.24, 2.45) is 11.8 Å². The van der Waals surface area contributed by atoms with Gasteiger partial charge in [-0.05, 0) is 24.7 Å². The Bertz CT molecular complexity index is 357. The first-order valence-corrected chi connectivity index (χ1v) is 9.48. The van der Waals surface area contributed by atoms with Gasteiger partial charge in [0.15, 0.2) is 0 Å². The van der Waals surface area contributed by atoms with Gasteiger partial charge in [0, 0.05) is 13.1 Å². The van der Waals surface area contributed by atoms with Crippen molar-refractivity contribution in [2.45, 2.75) is 40.5 Å². The number of hydroxylamine groups is 2. The molecule has 0 saturated carbocycles. The minimum Gasteiger partial charge on any atom is -0.302 e. The number of rotatable bonds is 10. The van der Waals surface area contributed by atoms with Crippen LogP contribution in [0, 0.1) is 11.8 Å². The minimum absolute atomic E-state index is 0.362.